The Kier molecular flexibility index (Phi) is 3.28. The van der Waals surface area contributed by atoms with E-state index in [-0.39, 0.29) is 24.4 Å². The first-order valence-electron chi connectivity index (χ1n) is 5.63. The minimum Gasteiger partial charge on any atom is -0.508 e. The van der Waals surface area contributed by atoms with Crippen LogP contribution in [0.15, 0.2) is 24.3 Å². The highest BCUT2D eigenvalue weighted by Crippen LogP contribution is 2.25. The number of phenolic OH excluding ortho intramolecular Hbond substituents is 1. The van der Waals surface area contributed by atoms with Gasteiger partial charge in [0.25, 0.3) is 0 Å². The Hall–Kier alpha value is -2.70. The second-order valence-corrected chi connectivity index (χ2v) is 4.07. The summed E-state index contributed by atoms with van der Waals surface area (Å²) in [5.74, 6) is -0.263. The molecule has 0 aliphatic heterocycles. The number of carbonyl (C=O) groups is 1. The summed E-state index contributed by atoms with van der Waals surface area (Å²) in [6, 6.07) is 6.28. The molecule has 0 fully saturated rings. The molecule has 0 radical (unpaired) electrons. The molecule has 2 aromatic rings. The minimum absolute atomic E-state index is 0.0599. The highest BCUT2D eigenvalue weighted by atomic mass is 16.4. The lowest BCUT2D eigenvalue weighted by Crippen LogP contribution is -2.04. The number of carboxylic acid groups (broad SMARTS) is 1. The van der Waals surface area contributed by atoms with E-state index in [0.717, 1.165) is 0 Å². The zero-order valence-corrected chi connectivity index (χ0v) is 10.1. The average molecular weight is 262 g/mol. The number of nitrogens with two attached hydrogens (primary N) is 2. The second-order valence-electron chi connectivity index (χ2n) is 4.07. The second kappa shape index (κ2) is 4.89. The molecule has 0 aliphatic rings. The summed E-state index contributed by atoms with van der Waals surface area (Å²) in [6.07, 6.45) is 0.167. The molecule has 0 atom stereocenters. The number of aromatic hydroxyl groups is 1. The van der Waals surface area contributed by atoms with Gasteiger partial charge in [-0.15, -0.1) is 5.10 Å². The van der Waals surface area contributed by atoms with Crippen molar-refractivity contribution in [2.24, 2.45) is 0 Å². The van der Waals surface area contributed by atoms with Gasteiger partial charge in [-0.25, -0.2) is 4.68 Å². The molecule has 1 aromatic carbocycles. The molecule has 0 saturated heterocycles. The molecule has 0 saturated carbocycles. The summed E-state index contributed by atoms with van der Waals surface area (Å²) in [5.41, 5.74) is 12.8. The third kappa shape index (κ3) is 2.59. The highest BCUT2D eigenvalue weighted by molar-refractivity contribution is 5.68. The van der Waals surface area contributed by atoms with Gasteiger partial charge in [-0.2, -0.15) is 0 Å². The molecule has 7 nitrogen and oxygen atoms in total. The normalized spacial score (nSPS) is 10.5. The van der Waals surface area contributed by atoms with Gasteiger partial charge < -0.3 is 21.7 Å². The van der Waals surface area contributed by atoms with Crippen LogP contribution in [0.25, 0.3) is 5.69 Å². The van der Waals surface area contributed by atoms with Crippen molar-refractivity contribution >= 4 is 17.6 Å². The number of aromatic nitrogens is 2. The number of nitrogens with zero attached hydrogens (tertiary/aromatic N) is 2. The van der Waals surface area contributed by atoms with Crippen molar-refractivity contribution in [1.29, 1.82) is 0 Å². The van der Waals surface area contributed by atoms with Crippen molar-refractivity contribution < 1.29 is 15.0 Å². The molecular weight excluding hydrogens is 248 g/mol. The van der Waals surface area contributed by atoms with Crippen LogP contribution in [0.4, 0.5) is 11.6 Å². The maximum absolute atomic E-state index is 10.6. The molecule has 0 aliphatic carbocycles. The van der Waals surface area contributed by atoms with Gasteiger partial charge in [0.1, 0.15) is 11.6 Å². The van der Waals surface area contributed by atoms with E-state index in [4.69, 9.17) is 16.6 Å². The summed E-state index contributed by atoms with van der Waals surface area (Å²) in [5, 5.41) is 22.0. The van der Waals surface area contributed by atoms with Crippen LogP contribution in [-0.2, 0) is 11.2 Å². The predicted molar refractivity (Wildman–Crippen MR) is 70.0 cm³/mol. The Morgan fingerprint density at radius 1 is 1.26 bits per heavy atom. The van der Waals surface area contributed by atoms with Crippen molar-refractivity contribution in [3.63, 3.8) is 0 Å². The van der Waals surface area contributed by atoms with E-state index in [9.17, 15) is 9.90 Å². The summed E-state index contributed by atoms with van der Waals surface area (Å²) < 4.78 is 1.42. The zero-order valence-electron chi connectivity index (χ0n) is 10.1. The van der Waals surface area contributed by atoms with E-state index in [1.165, 1.54) is 16.8 Å². The Balaban J connectivity index is 2.35. The van der Waals surface area contributed by atoms with Crippen LogP contribution < -0.4 is 11.5 Å². The third-order valence-electron chi connectivity index (χ3n) is 2.74. The average Bonchev–Trinajstić information content (AvgIpc) is 2.63. The number of hydrogen-bond acceptors (Lipinski definition) is 5. The molecule has 7 heteroatoms. The molecule has 0 spiro atoms. The predicted octanol–water partition coefficient (Wildman–Crippen LogP) is 0.759. The van der Waals surface area contributed by atoms with Crippen LogP contribution >= 0.6 is 0 Å². The van der Waals surface area contributed by atoms with Crippen LogP contribution in [0.2, 0.25) is 0 Å². The number of carboxylic acids is 1. The molecule has 0 unspecified atom stereocenters. The van der Waals surface area contributed by atoms with Gasteiger partial charge in [0.2, 0.25) is 0 Å². The van der Waals surface area contributed by atoms with Crippen LogP contribution in [0.1, 0.15) is 12.0 Å². The van der Waals surface area contributed by atoms with Gasteiger partial charge in [-0.05, 0) is 30.7 Å². The van der Waals surface area contributed by atoms with E-state index >= 15 is 0 Å². The number of rotatable bonds is 4. The molecule has 100 valence electrons. The first kappa shape index (κ1) is 12.7. The van der Waals surface area contributed by atoms with Crippen LogP contribution in [-0.4, -0.2) is 26.0 Å². The van der Waals surface area contributed by atoms with Crippen LogP contribution in [0.3, 0.4) is 0 Å². The van der Waals surface area contributed by atoms with Gasteiger partial charge in [-0.1, -0.05) is 0 Å². The largest absolute Gasteiger partial charge is 0.508 e. The number of phenols is 1. The Morgan fingerprint density at radius 3 is 2.47 bits per heavy atom. The first-order chi connectivity index (χ1) is 8.99. The Bertz CT molecular complexity index is 604. The van der Waals surface area contributed by atoms with Crippen molar-refractivity contribution in [2.45, 2.75) is 12.8 Å². The fraction of sp³-hybridized carbons (Fsp3) is 0.167. The van der Waals surface area contributed by atoms with E-state index in [0.29, 0.717) is 17.1 Å². The van der Waals surface area contributed by atoms with Crippen molar-refractivity contribution in [2.75, 3.05) is 11.5 Å². The smallest absolute Gasteiger partial charge is 0.303 e. The fourth-order valence-electron chi connectivity index (χ4n) is 1.76. The standard InChI is InChI=1S/C12H14N4O3/c13-11-9(5-6-10(18)19)12(14)16(15-11)7-1-3-8(17)4-2-7/h1-4,17H,5-6,14H2,(H2,13,15)(H,18,19). The lowest BCUT2D eigenvalue weighted by atomic mass is 10.1. The molecule has 0 amide bonds. The molecular formula is C12H14N4O3. The van der Waals surface area contributed by atoms with Crippen LogP contribution in [0.5, 0.6) is 5.75 Å². The van der Waals surface area contributed by atoms with E-state index in [1.807, 2.05) is 0 Å². The number of anilines is 2. The van der Waals surface area contributed by atoms with E-state index in [1.54, 1.807) is 12.1 Å². The molecule has 2 rings (SSSR count). The third-order valence-corrected chi connectivity index (χ3v) is 2.74. The van der Waals surface area contributed by atoms with Gasteiger partial charge in [0.05, 0.1) is 5.69 Å². The van der Waals surface area contributed by atoms with Crippen molar-refractivity contribution in [3.8, 4) is 11.4 Å². The SMILES string of the molecule is Nc1nn(-c2ccc(O)cc2)c(N)c1CCC(=O)O. The van der Waals surface area contributed by atoms with Crippen molar-refractivity contribution in [3.05, 3.63) is 29.8 Å². The number of hydrogen-bond donors (Lipinski definition) is 4. The van der Waals surface area contributed by atoms with Gasteiger partial charge in [0.15, 0.2) is 5.82 Å². The lowest BCUT2D eigenvalue weighted by Gasteiger charge is -2.04. The van der Waals surface area contributed by atoms with Crippen molar-refractivity contribution in [1.82, 2.24) is 9.78 Å². The zero-order chi connectivity index (χ0) is 14.0. The number of benzene rings is 1. The summed E-state index contributed by atoms with van der Waals surface area (Å²) in [4.78, 5) is 10.6. The maximum atomic E-state index is 10.6. The Labute approximate surface area is 109 Å². The number of nitrogen functional groups attached to an aromatic ring is 2. The molecule has 1 heterocycles. The first-order valence-corrected chi connectivity index (χ1v) is 5.63. The number of aliphatic carboxylic acids is 1. The van der Waals surface area contributed by atoms with Gasteiger partial charge in [0, 0.05) is 12.0 Å². The topological polar surface area (TPSA) is 127 Å². The summed E-state index contributed by atoms with van der Waals surface area (Å²) >= 11 is 0. The summed E-state index contributed by atoms with van der Waals surface area (Å²) in [6.45, 7) is 0. The molecule has 19 heavy (non-hydrogen) atoms. The van der Waals surface area contributed by atoms with E-state index in [2.05, 4.69) is 5.10 Å². The van der Waals surface area contributed by atoms with E-state index < -0.39 is 5.97 Å². The molecule has 1 aromatic heterocycles. The lowest BCUT2D eigenvalue weighted by molar-refractivity contribution is -0.136. The van der Waals surface area contributed by atoms with Gasteiger partial charge in [-0.3, -0.25) is 4.79 Å². The summed E-state index contributed by atoms with van der Waals surface area (Å²) in [7, 11) is 0. The fourth-order valence-corrected chi connectivity index (χ4v) is 1.76. The van der Waals surface area contributed by atoms with Crippen LogP contribution in [0, 0.1) is 0 Å². The quantitative estimate of drug-likeness (QED) is 0.644. The van der Waals surface area contributed by atoms with Gasteiger partial charge >= 0.3 is 5.97 Å². The maximum Gasteiger partial charge on any atom is 0.303 e. The minimum atomic E-state index is -0.920. The molecule has 0 bridgehead atoms. The monoisotopic (exact) mass is 262 g/mol. The highest BCUT2D eigenvalue weighted by Gasteiger charge is 2.15. The Morgan fingerprint density at radius 2 is 1.89 bits per heavy atom. The molecule has 6 N–H and O–H groups in total.